The number of hydrogen-bond donors (Lipinski definition) is 0. The zero-order chi connectivity index (χ0) is 17.6. The molecule has 128 valence electrons. The normalized spacial score (nSPS) is 17.2. The number of rotatable bonds is 2. The lowest BCUT2D eigenvalue weighted by molar-refractivity contribution is -0.191. The summed E-state index contributed by atoms with van der Waals surface area (Å²) in [6.45, 7) is 1.36. The van der Waals surface area contributed by atoms with Crippen molar-refractivity contribution in [2.24, 2.45) is 0 Å². The van der Waals surface area contributed by atoms with Crippen LogP contribution in [0.25, 0.3) is 0 Å². The predicted molar refractivity (Wildman–Crippen MR) is 72.3 cm³/mol. The molecular weight excluding hydrogens is 321 g/mol. The minimum atomic E-state index is -4.98. The fraction of sp³-hybridized carbons (Fsp3) is 0.533. The van der Waals surface area contributed by atoms with Gasteiger partial charge in [-0.3, -0.25) is 4.79 Å². The first-order chi connectivity index (χ1) is 10.4. The summed E-state index contributed by atoms with van der Waals surface area (Å²) in [6.07, 6.45) is -4.77. The average Bonchev–Trinajstić information content (AvgIpc) is 2.38. The minimum Gasteiger partial charge on any atom is -0.435 e. The Labute approximate surface area is 130 Å². The number of fused-ring (bicyclic) bond motifs is 1. The van der Waals surface area contributed by atoms with E-state index in [4.69, 9.17) is 0 Å². The lowest BCUT2D eigenvalue weighted by atomic mass is 9.82. The Kier molecular flexibility index (Phi) is 4.30. The molecule has 1 aromatic carbocycles. The Morgan fingerprint density at radius 1 is 1.30 bits per heavy atom. The van der Waals surface area contributed by atoms with Crippen LogP contribution in [0.15, 0.2) is 12.1 Å². The minimum absolute atomic E-state index is 0.0904. The van der Waals surface area contributed by atoms with Gasteiger partial charge in [-0.15, -0.1) is 0 Å². The molecule has 0 unspecified atom stereocenters. The second kappa shape index (κ2) is 5.65. The molecule has 2 rings (SSSR count). The summed E-state index contributed by atoms with van der Waals surface area (Å²) in [5.74, 6) is -2.04. The molecule has 23 heavy (non-hydrogen) atoms. The van der Waals surface area contributed by atoms with Crippen molar-refractivity contribution in [2.45, 2.75) is 45.5 Å². The van der Waals surface area contributed by atoms with Gasteiger partial charge in [-0.2, -0.15) is 22.0 Å². The van der Waals surface area contributed by atoms with Crippen LogP contribution in [0.1, 0.15) is 30.5 Å². The van der Waals surface area contributed by atoms with Gasteiger partial charge in [0.15, 0.2) is 0 Å². The van der Waals surface area contributed by atoms with Gasteiger partial charge in [0.1, 0.15) is 5.75 Å². The van der Waals surface area contributed by atoms with Gasteiger partial charge in [0.2, 0.25) is 0 Å². The van der Waals surface area contributed by atoms with E-state index in [9.17, 15) is 26.7 Å². The van der Waals surface area contributed by atoms with Gasteiger partial charge >= 0.3 is 18.7 Å². The number of hydrogen-bond acceptors (Lipinski definition) is 2. The molecule has 1 aromatic rings. The van der Waals surface area contributed by atoms with E-state index in [0.717, 1.165) is 10.5 Å². The monoisotopic (exact) mass is 337 g/mol. The molecule has 0 spiro atoms. The van der Waals surface area contributed by atoms with E-state index in [1.165, 1.54) is 19.9 Å². The molecule has 0 saturated carbocycles. The molecule has 0 aromatic heterocycles. The Hall–Kier alpha value is -1.86. The summed E-state index contributed by atoms with van der Waals surface area (Å²) in [5.41, 5.74) is 0.284. The highest BCUT2D eigenvalue weighted by Gasteiger charge is 2.49. The van der Waals surface area contributed by atoms with Crippen molar-refractivity contribution in [3.05, 3.63) is 28.8 Å². The highest BCUT2D eigenvalue weighted by Crippen LogP contribution is 2.40. The first kappa shape index (κ1) is 17.5. The summed E-state index contributed by atoms with van der Waals surface area (Å²) < 4.78 is 67.6. The maximum atomic E-state index is 12.8. The number of ether oxygens (including phenoxy) is 1. The van der Waals surface area contributed by atoms with Crippen LogP contribution >= 0.6 is 0 Å². The molecule has 0 radical (unpaired) electrons. The third kappa shape index (κ3) is 3.25. The van der Waals surface area contributed by atoms with Crippen LogP contribution in [0, 0.1) is 6.92 Å². The van der Waals surface area contributed by atoms with Gasteiger partial charge in [-0.1, -0.05) is 6.07 Å². The molecule has 0 fully saturated rings. The van der Waals surface area contributed by atoms with Gasteiger partial charge < -0.3 is 9.64 Å². The fourth-order valence-corrected chi connectivity index (χ4v) is 2.91. The van der Waals surface area contributed by atoms with Crippen molar-refractivity contribution < 1.29 is 31.5 Å². The summed E-state index contributed by atoms with van der Waals surface area (Å²) >= 11 is 0. The Morgan fingerprint density at radius 3 is 2.43 bits per heavy atom. The zero-order valence-corrected chi connectivity index (χ0v) is 12.8. The van der Waals surface area contributed by atoms with Crippen molar-refractivity contribution in [1.82, 2.24) is 4.90 Å². The van der Waals surface area contributed by atoms with Crippen molar-refractivity contribution in [3.8, 4) is 5.75 Å². The molecule has 1 aliphatic heterocycles. The molecule has 0 aliphatic carbocycles. The maximum absolute atomic E-state index is 12.8. The summed E-state index contributed by atoms with van der Waals surface area (Å²) in [5, 5.41) is 0. The van der Waals surface area contributed by atoms with Crippen molar-refractivity contribution in [1.29, 1.82) is 0 Å². The average molecular weight is 337 g/mol. The highest BCUT2D eigenvalue weighted by atomic mass is 19.4. The van der Waals surface area contributed by atoms with E-state index in [0.29, 0.717) is 11.1 Å². The fourth-order valence-electron chi connectivity index (χ4n) is 2.91. The maximum Gasteiger partial charge on any atom is 0.471 e. The van der Waals surface area contributed by atoms with Crippen LogP contribution in [-0.2, 0) is 16.8 Å². The molecule has 0 N–H and O–H groups in total. The number of halogens is 5. The largest absolute Gasteiger partial charge is 0.471 e. The highest BCUT2D eigenvalue weighted by molar-refractivity contribution is 5.83. The van der Waals surface area contributed by atoms with Crippen LogP contribution in [0.2, 0.25) is 0 Å². The molecule has 0 atom stereocenters. The van der Waals surface area contributed by atoms with E-state index >= 15 is 0 Å². The predicted octanol–water partition coefficient (Wildman–Crippen LogP) is 3.78. The van der Waals surface area contributed by atoms with Crippen molar-refractivity contribution in [2.75, 3.05) is 6.54 Å². The number of nitrogens with zero attached hydrogens (tertiary/aromatic N) is 1. The smallest absolute Gasteiger partial charge is 0.435 e. The molecule has 8 heteroatoms. The van der Waals surface area contributed by atoms with Gasteiger partial charge in [-0.25, -0.2) is 0 Å². The lowest BCUT2D eigenvalue weighted by Gasteiger charge is -2.44. The molecule has 3 nitrogen and oxygen atoms in total. The molecule has 1 aliphatic rings. The molecule has 0 bridgehead atoms. The zero-order valence-electron chi connectivity index (χ0n) is 12.8. The van der Waals surface area contributed by atoms with Crippen molar-refractivity contribution in [3.63, 3.8) is 0 Å². The topological polar surface area (TPSA) is 29.5 Å². The van der Waals surface area contributed by atoms with Crippen LogP contribution in [0.3, 0.4) is 0 Å². The van der Waals surface area contributed by atoms with Crippen LogP contribution in [0.4, 0.5) is 22.0 Å². The van der Waals surface area contributed by atoms with Crippen LogP contribution in [0.5, 0.6) is 5.75 Å². The van der Waals surface area contributed by atoms with Crippen LogP contribution in [-0.4, -0.2) is 30.1 Å². The third-order valence-corrected chi connectivity index (χ3v) is 4.04. The molecule has 0 saturated heterocycles. The molecule has 1 amide bonds. The molecular formula is C15H16F5NO2. The van der Waals surface area contributed by atoms with E-state index < -0.39 is 24.2 Å². The summed E-state index contributed by atoms with van der Waals surface area (Å²) in [4.78, 5) is 12.3. The second-order valence-electron chi connectivity index (χ2n) is 5.92. The second-order valence-corrected chi connectivity index (χ2v) is 5.92. The van der Waals surface area contributed by atoms with Gasteiger partial charge in [0.25, 0.3) is 0 Å². The summed E-state index contributed by atoms with van der Waals surface area (Å²) in [7, 11) is 0. The first-order valence-electron chi connectivity index (χ1n) is 6.92. The number of carbonyl (C=O) groups excluding carboxylic acids is 1. The van der Waals surface area contributed by atoms with E-state index in [1.54, 1.807) is 13.0 Å². The SMILES string of the molecule is Cc1cc2c(cc1OC(F)F)C(C)(C)N(C(=O)C(F)(F)F)CC2. The Morgan fingerprint density at radius 2 is 1.91 bits per heavy atom. The lowest BCUT2D eigenvalue weighted by Crippen LogP contribution is -2.54. The number of carbonyl (C=O) groups is 1. The van der Waals surface area contributed by atoms with Crippen molar-refractivity contribution >= 4 is 5.91 Å². The third-order valence-electron chi connectivity index (χ3n) is 4.04. The number of amides is 1. The number of benzene rings is 1. The number of aryl methyl sites for hydroxylation is 1. The number of alkyl halides is 5. The first-order valence-corrected chi connectivity index (χ1v) is 6.92. The van der Waals surface area contributed by atoms with E-state index in [-0.39, 0.29) is 18.7 Å². The Bertz CT molecular complexity index is 625. The van der Waals surface area contributed by atoms with E-state index in [1.807, 2.05) is 0 Å². The standard InChI is InChI=1S/C15H16F5NO2/c1-8-6-9-4-5-21(12(22)15(18,19)20)14(2,3)10(9)7-11(8)23-13(16)17/h6-7,13H,4-5H2,1-3H3. The quantitative estimate of drug-likeness (QED) is 0.769. The van der Waals surface area contributed by atoms with Gasteiger partial charge in [-0.05, 0) is 49.9 Å². The summed E-state index contributed by atoms with van der Waals surface area (Å²) in [6, 6.07) is 2.91. The Balaban J connectivity index is 2.48. The van der Waals surface area contributed by atoms with Gasteiger partial charge in [0.05, 0.1) is 5.54 Å². The molecule has 1 heterocycles. The van der Waals surface area contributed by atoms with Gasteiger partial charge in [0, 0.05) is 6.54 Å². The van der Waals surface area contributed by atoms with Crippen LogP contribution < -0.4 is 4.74 Å². The van der Waals surface area contributed by atoms with E-state index in [2.05, 4.69) is 4.74 Å².